The number of cyclic esters (lactones) is 1. The third kappa shape index (κ3) is 19.4. The van der Waals surface area contributed by atoms with Crippen LogP contribution >= 0.6 is 23.4 Å². The van der Waals surface area contributed by atoms with Gasteiger partial charge in [0.2, 0.25) is 23.6 Å². The van der Waals surface area contributed by atoms with E-state index in [0.717, 1.165) is 22.3 Å². The summed E-state index contributed by atoms with van der Waals surface area (Å²) in [6.45, 7) is 13.0. The van der Waals surface area contributed by atoms with Crippen LogP contribution in [0.25, 0.3) is 0 Å². The summed E-state index contributed by atoms with van der Waals surface area (Å²) in [5.41, 5.74) is 0.828. The molecule has 3 N–H and O–H groups in total. The number of thioether (sulfide) groups is 1. The van der Waals surface area contributed by atoms with E-state index in [0.29, 0.717) is 43.0 Å². The number of carbonyl (C=O) groups excluding carboxylic acids is 7. The molecular formula is C50H78ClN5O13S. The van der Waals surface area contributed by atoms with Crippen LogP contribution in [0.2, 0.25) is 5.02 Å². The fourth-order valence-corrected chi connectivity index (χ4v) is 7.66. The Hall–Kier alpha value is -4.85. The minimum Gasteiger partial charge on any atom is -0.495 e. The Morgan fingerprint density at radius 3 is 2.33 bits per heavy atom. The van der Waals surface area contributed by atoms with E-state index in [1.807, 2.05) is 50.7 Å². The van der Waals surface area contributed by atoms with Gasteiger partial charge in [-0.05, 0) is 81.7 Å². The highest BCUT2D eigenvalue weighted by molar-refractivity contribution is 7.98. The maximum Gasteiger partial charge on any atom is 0.412 e. The Bertz CT molecular complexity index is 1970. The molecule has 18 nitrogen and oxygen atoms in total. The summed E-state index contributed by atoms with van der Waals surface area (Å²) in [6.07, 6.45) is 7.19. The quantitative estimate of drug-likeness (QED) is 0.0161. The Morgan fingerprint density at radius 1 is 1.04 bits per heavy atom. The Labute approximate surface area is 424 Å². The normalized spacial score (nSPS) is 21.4. The average Bonchev–Trinajstić information content (AvgIpc) is 4.04. The monoisotopic (exact) mass is 1020 g/mol. The van der Waals surface area contributed by atoms with E-state index in [9.17, 15) is 33.6 Å². The number of unbranched alkanes of at least 4 members (excludes halogenated alkanes) is 2. The van der Waals surface area contributed by atoms with Gasteiger partial charge in [0.15, 0.2) is 0 Å². The van der Waals surface area contributed by atoms with E-state index >= 15 is 0 Å². The number of ether oxygens (including phenoxy) is 6. The topological polar surface area (TPSA) is 221 Å². The molecule has 20 heteroatoms. The number of methoxy groups -OCH3 is 2. The van der Waals surface area contributed by atoms with E-state index in [4.69, 9.17) is 40.0 Å². The lowest BCUT2D eigenvalue weighted by molar-refractivity contribution is -0.241. The number of benzene rings is 1. The highest BCUT2D eigenvalue weighted by Crippen LogP contribution is 2.48. The average molecular weight is 1020 g/mol. The van der Waals surface area contributed by atoms with Crippen LogP contribution in [-0.4, -0.2) is 148 Å². The fraction of sp³-hybridized carbons (Fsp3) is 0.660. The number of amides is 5. The van der Waals surface area contributed by atoms with Crippen LogP contribution in [0.4, 0.5) is 4.79 Å². The van der Waals surface area contributed by atoms with Crippen molar-refractivity contribution in [1.29, 1.82) is 0 Å². The van der Waals surface area contributed by atoms with Gasteiger partial charge in [0.1, 0.15) is 35.9 Å². The van der Waals surface area contributed by atoms with E-state index in [2.05, 4.69) is 29.1 Å². The van der Waals surface area contributed by atoms with Gasteiger partial charge >= 0.3 is 12.1 Å². The number of nitrogens with one attached hydrogen (secondary N) is 3. The molecule has 70 heavy (non-hydrogen) atoms. The van der Waals surface area contributed by atoms with Gasteiger partial charge in [-0.15, -0.1) is 0 Å². The predicted octanol–water partition coefficient (Wildman–Crippen LogP) is 6.22. The van der Waals surface area contributed by atoms with Crippen LogP contribution < -0.4 is 20.7 Å². The van der Waals surface area contributed by atoms with E-state index in [1.165, 1.54) is 40.1 Å². The van der Waals surface area contributed by atoms with Gasteiger partial charge < -0.3 is 53.6 Å². The zero-order chi connectivity index (χ0) is 52.8. The largest absolute Gasteiger partial charge is 0.495 e. The zero-order valence-electron chi connectivity index (χ0n) is 43.3. The Morgan fingerprint density at radius 2 is 1.73 bits per heavy atom. The molecule has 0 aromatic heterocycles. The Balaban J connectivity index is 0.00000403. The second-order valence-electron chi connectivity index (χ2n) is 18.1. The van der Waals surface area contributed by atoms with Gasteiger partial charge in [-0.25, -0.2) is 9.59 Å². The molecule has 0 radical (unpaired) electrons. The van der Waals surface area contributed by atoms with Crippen molar-refractivity contribution in [2.45, 2.75) is 136 Å². The second kappa shape index (κ2) is 30.1. The van der Waals surface area contributed by atoms with Crippen molar-refractivity contribution in [2.75, 3.05) is 60.5 Å². The predicted molar refractivity (Wildman–Crippen MR) is 269 cm³/mol. The van der Waals surface area contributed by atoms with Crippen molar-refractivity contribution in [3.8, 4) is 5.75 Å². The molecule has 2 aliphatic rings. The first-order valence-electron chi connectivity index (χ1n) is 23.7. The van der Waals surface area contributed by atoms with Gasteiger partial charge in [0.25, 0.3) is 5.91 Å². The number of alkyl carbamates (subject to hydrolysis) is 1. The third-order valence-corrected chi connectivity index (χ3v) is 13.5. The van der Waals surface area contributed by atoms with Crippen molar-refractivity contribution in [3.05, 3.63) is 52.8 Å². The van der Waals surface area contributed by atoms with E-state index in [-0.39, 0.29) is 55.9 Å². The molecule has 3 rings (SSSR count). The van der Waals surface area contributed by atoms with Gasteiger partial charge in [0, 0.05) is 59.5 Å². The van der Waals surface area contributed by atoms with Gasteiger partial charge in [-0.1, -0.05) is 63.4 Å². The molecule has 8 unspecified atom stereocenters. The van der Waals surface area contributed by atoms with Crippen LogP contribution in [0.15, 0.2) is 42.2 Å². The van der Waals surface area contributed by atoms with Gasteiger partial charge in [-0.3, -0.25) is 24.5 Å². The number of likely N-dealkylation sites (N-methyl/N-ethyl adjacent to an activating group) is 1. The molecule has 0 bridgehead atoms. The minimum absolute atomic E-state index is 0.0490. The summed E-state index contributed by atoms with van der Waals surface area (Å²) in [5, 5.41) is 8.26. The summed E-state index contributed by atoms with van der Waals surface area (Å²) in [6, 6.07) is 4.46. The number of allylic oxidation sites excluding steroid dienone is 3. The van der Waals surface area contributed by atoms with Crippen molar-refractivity contribution < 1.29 is 62.0 Å². The van der Waals surface area contributed by atoms with Crippen LogP contribution in [0.1, 0.15) is 99.0 Å². The first kappa shape index (κ1) is 61.3. The molecule has 2 aliphatic heterocycles. The number of halogens is 1. The lowest BCUT2D eigenvalue weighted by Crippen LogP contribution is -2.60. The van der Waals surface area contributed by atoms with Gasteiger partial charge in [0.05, 0.1) is 43.9 Å². The van der Waals surface area contributed by atoms with Crippen LogP contribution in [0.5, 0.6) is 5.75 Å². The number of nitrogens with zero attached hydrogens (tertiary/aromatic N) is 2. The van der Waals surface area contributed by atoms with Crippen molar-refractivity contribution >= 4 is 65.3 Å². The Kier molecular flexibility index (Phi) is 26.4. The number of hydrogen-bond acceptors (Lipinski definition) is 14. The first-order valence-corrected chi connectivity index (χ1v) is 25.5. The number of hydrogen-bond donors (Lipinski definition) is 3. The maximum atomic E-state index is 13.6. The molecule has 8 atom stereocenters. The first-order chi connectivity index (χ1) is 33.0. The molecule has 5 amide bonds. The molecule has 2 heterocycles. The number of carbonyl (C=O) groups is 7. The molecule has 0 aliphatic carbocycles. The summed E-state index contributed by atoms with van der Waals surface area (Å²) >= 11 is 8.01. The summed E-state index contributed by atoms with van der Waals surface area (Å²) in [5.74, 6) is -2.71. The molecule has 1 aromatic rings. The zero-order valence-corrected chi connectivity index (χ0v) is 44.9. The molecule has 0 spiro atoms. The second-order valence-corrected chi connectivity index (χ2v) is 19.7. The molecule has 394 valence electrons. The lowest BCUT2D eigenvalue weighted by atomic mass is 9.86. The van der Waals surface area contributed by atoms with Crippen molar-refractivity contribution in [2.24, 2.45) is 17.8 Å². The molecule has 2 fully saturated rings. The number of esters is 1. The van der Waals surface area contributed by atoms with Crippen molar-refractivity contribution in [3.63, 3.8) is 0 Å². The highest BCUT2D eigenvalue weighted by atomic mass is 35.5. The van der Waals surface area contributed by atoms with Crippen molar-refractivity contribution in [1.82, 2.24) is 25.8 Å². The fourth-order valence-electron chi connectivity index (χ4n) is 7.47. The van der Waals surface area contributed by atoms with Crippen LogP contribution in [0.3, 0.4) is 0 Å². The minimum atomic E-state index is -1.59. The van der Waals surface area contributed by atoms with E-state index < -0.39 is 65.7 Å². The molecular weight excluding hydrogens is 946 g/mol. The summed E-state index contributed by atoms with van der Waals surface area (Å²) < 4.78 is 34.7. The lowest BCUT2D eigenvalue weighted by Gasteiger charge is -2.40. The molecule has 0 saturated carbocycles. The summed E-state index contributed by atoms with van der Waals surface area (Å²) in [7, 11) is 7.50. The van der Waals surface area contributed by atoms with Crippen LogP contribution in [0, 0.1) is 17.8 Å². The summed E-state index contributed by atoms with van der Waals surface area (Å²) in [4.78, 5) is 91.2. The third-order valence-electron chi connectivity index (χ3n) is 12.6. The number of rotatable bonds is 28. The molecule has 2 saturated heterocycles. The van der Waals surface area contributed by atoms with E-state index in [1.54, 1.807) is 45.0 Å². The SMILES string of the molecule is CCSC.CNC(=O)CC(OC(=O)C(C)N(C)C(=O)CNC(=O)CCCCCN(C)C(=O)CC(C=O)C(C)C)C1(C)OC1C(C)C1CC(OC)(O/C=C/C=C(\C)Cc2ccc(Cl)c(OC)c2)NC(=O)O1. The van der Waals surface area contributed by atoms with Gasteiger partial charge in [-0.2, -0.15) is 11.8 Å². The number of aldehydes is 1. The molecule has 1 aromatic carbocycles. The number of epoxide rings is 1. The smallest absolute Gasteiger partial charge is 0.412 e. The standard InChI is InChI=1S/C47H70ClN5O13.C3H8S/c1-29(2)34(28-54)24-41(57)52(8)20-14-12-13-17-39(55)50-27-42(58)53(9)32(5)44(59)65-38(25-40(56)49-7)46(6)43(66-46)31(4)37-26-47(62-11,51-45(60)64-37)63-21-15-16-30(3)22-33-18-19-35(48)36(23-33)61-10;1-3-4-2/h15-16,18-19,21,23,28-29,31-32,34,37-38,43H,12-14,17,20,22,24-27H2,1-11H3,(H,49,56)(H,50,55)(H,51,60);3H2,1-2H3/b21-15+,30-16+;. The maximum absolute atomic E-state index is 13.6. The highest BCUT2D eigenvalue weighted by Gasteiger charge is 2.64. The van der Waals surface area contributed by atoms with Crippen LogP contribution in [-0.2, 0) is 58.9 Å².